The number of primary amides is 1. The second-order valence-corrected chi connectivity index (χ2v) is 6.37. The first-order valence-electron chi connectivity index (χ1n) is 7.27. The molecular weight excluding hydrogens is 348 g/mol. The van der Waals surface area contributed by atoms with Crippen LogP contribution in [-0.2, 0) is 9.59 Å². The third-order valence-corrected chi connectivity index (χ3v) is 4.35. The molecule has 1 saturated heterocycles. The fourth-order valence-corrected chi connectivity index (χ4v) is 2.74. The second-order valence-electron chi connectivity index (χ2n) is 5.45. The molecule has 0 bridgehead atoms. The smallest absolute Gasteiger partial charge is 0.241 e. The number of halogens is 1. The topological polar surface area (TPSA) is 78.7 Å². The second kappa shape index (κ2) is 7.71. The van der Waals surface area contributed by atoms with Gasteiger partial charge >= 0.3 is 0 Å². The number of nitrogens with two attached hydrogens (primary N) is 1. The van der Waals surface area contributed by atoms with Crippen molar-refractivity contribution in [2.45, 2.75) is 13.0 Å². The number of hydrogen-bond acceptors (Lipinski definition) is 4. The highest BCUT2D eigenvalue weighted by molar-refractivity contribution is 9.10. The van der Waals surface area contributed by atoms with E-state index >= 15 is 0 Å². The Hall–Kier alpha value is -1.44. The van der Waals surface area contributed by atoms with E-state index in [1.807, 2.05) is 36.1 Å². The highest BCUT2D eigenvalue weighted by Gasteiger charge is 2.25. The average molecular weight is 369 g/mol. The van der Waals surface area contributed by atoms with Crippen molar-refractivity contribution in [1.82, 2.24) is 9.80 Å². The van der Waals surface area contributed by atoms with E-state index in [2.05, 4.69) is 26.1 Å². The van der Waals surface area contributed by atoms with E-state index in [1.165, 1.54) is 0 Å². The van der Waals surface area contributed by atoms with Gasteiger partial charge in [0.15, 0.2) is 0 Å². The predicted octanol–water partition coefficient (Wildman–Crippen LogP) is 0.879. The summed E-state index contributed by atoms with van der Waals surface area (Å²) >= 11 is 3.37. The number of hydrogen-bond donors (Lipinski definition) is 2. The van der Waals surface area contributed by atoms with Gasteiger partial charge in [0, 0.05) is 36.3 Å². The van der Waals surface area contributed by atoms with Gasteiger partial charge in [0.25, 0.3) is 0 Å². The number of nitrogens with zero attached hydrogens (tertiary/aromatic N) is 2. The third-order valence-electron chi connectivity index (χ3n) is 3.83. The van der Waals surface area contributed by atoms with Crippen molar-refractivity contribution >= 4 is 33.4 Å². The fourth-order valence-electron chi connectivity index (χ4n) is 2.47. The maximum atomic E-state index is 12.3. The highest BCUT2D eigenvalue weighted by atomic mass is 79.9. The predicted molar refractivity (Wildman–Crippen MR) is 89.4 cm³/mol. The van der Waals surface area contributed by atoms with Gasteiger partial charge in [0.1, 0.15) is 0 Å². The zero-order chi connectivity index (χ0) is 16.1. The van der Waals surface area contributed by atoms with Gasteiger partial charge in [-0.1, -0.05) is 15.9 Å². The number of piperazine rings is 1. The number of benzene rings is 1. The summed E-state index contributed by atoms with van der Waals surface area (Å²) in [5.74, 6) is -0.333. The standard InChI is InChI=1S/C15H21BrN4O2/c1-11(15(22)18-13-4-2-12(16)3-5-13)20-8-6-19(7-9-20)10-14(17)21/h2-5,11H,6-10H2,1H3,(H2,17,21)(H,18,22)/t11-/m0/s1. The molecule has 1 aliphatic heterocycles. The first-order valence-corrected chi connectivity index (χ1v) is 8.06. The summed E-state index contributed by atoms with van der Waals surface area (Å²) in [6.45, 7) is 5.19. The molecule has 22 heavy (non-hydrogen) atoms. The maximum Gasteiger partial charge on any atom is 0.241 e. The van der Waals surface area contributed by atoms with Crippen LogP contribution in [0.15, 0.2) is 28.7 Å². The number of carbonyl (C=O) groups excluding carboxylic acids is 2. The Bertz CT molecular complexity index is 527. The van der Waals surface area contributed by atoms with E-state index in [0.717, 1.165) is 36.3 Å². The lowest BCUT2D eigenvalue weighted by atomic mass is 10.2. The normalized spacial score (nSPS) is 17.9. The molecule has 2 amide bonds. The molecule has 1 atom stereocenters. The summed E-state index contributed by atoms with van der Waals surface area (Å²) in [4.78, 5) is 27.4. The molecule has 0 aromatic heterocycles. The monoisotopic (exact) mass is 368 g/mol. The Morgan fingerprint density at radius 3 is 2.36 bits per heavy atom. The summed E-state index contributed by atoms with van der Waals surface area (Å²) in [6.07, 6.45) is 0. The van der Waals surface area contributed by atoms with Crippen molar-refractivity contribution in [3.05, 3.63) is 28.7 Å². The molecule has 3 N–H and O–H groups in total. The van der Waals surface area contributed by atoms with Crippen molar-refractivity contribution in [2.24, 2.45) is 5.73 Å². The molecule has 1 heterocycles. The van der Waals surface area contributed by atoms with Gasteiger partial charge in [-0.05, 0) is 31.2 Å². The van der Waals surface area contributed by atoms with E-state index < -0.39 is 0 Å². The van der Waals surface area contributed by atoms with Gasteiger partial charge in [0.2, 0.25) is 11.8 Å². The Morgan fingerprint density at radius 2 is 1.82 bits per heavy atom. The van der Waals surface area contributed by atoms with Gasteiger partial charge in [0.05, 0.1) is 12.6 Å². The molecule has 1 aromatic rings. The molecule has 1 fully saturated rings. The molecule has 0 unspecified atom stereocenters. The summed E-state index contributed by atoms with van der Waals surface area (Å²) in [5.41, 5.74) is 5.99. The third kappa shape index (κ3) is 4.79. The van der Waals surface area contributed by atoms with Crippen LogP contribution >= 0.6 is 15.9 Å². The van der Waals surface area contributed by atoms with Crippen LogP contribution in [-0.4, -0.2) is 60.4 Å². The Kier molecular flexibility index (Phi) is 5.93. The number of carbonyl (C=O) groups is 2. The largest absolute Gasteiger partial charge is 0.369 e. The quantitative estimate of drug-likeness (QED) is 0.808. The minimum absolute atomic E-state index is 0.0225. The summed E-state index contributed by atoms with van der Waals surface area (Å²) < 4.78 is 0.976. The summed E-state index contributed by atoms with van der Waals surface area (Å²) in [7, 11) is 0. The Balaban J connectivity index is 1.84. The molecule has 0 spiro atoms. The molecule has 7 heteroatoms. The van der Waals surface area contributed by atoms with Gasteiger partial charge in [-0.3, -0.25) is 19.4 Å². The minimum atomic E-state index is -0.311. The van der Waals surface area contributed by atoms with Crippen molar-refractivity contribution in [3.8, 4) is 0 Å². The van der Waals surface area contributed by atoms with Crippen LogP contribution in [0.5, 0.6) is 0 Å². The van der Waals surface area contributed by atoms with Crippen molar-refractivity contribution in [2.75, 3.05) is 38.0 Å². The zero-order valence-electron chi connectivity index (χ0n) is 12.6. The molecule has 0 saturated carbocycles. The first-order chi connectivity index (χ1) is 10.5. The van der Waals surface area contributed by atoms with Crippen molar-refractivity contribution in [1.29, 1.82) is 0 Å². The van der Waals surface area contributed by atoms with E-state index in [0.29, 0.717) is 0 Å². The number of amides is 2. The van der Waals surface area contributed by atoms with Gasteiger partial charge in [-0.25, -0.2) is 0 Å². The molecule has 120 valence electrons. The maximum absolute atomic E-state index is 12.3. The van der Waals surface area contributed by atoms with E-state index in [9.17, 15) is 9.59 Å². The lowest BCUT2D eigenvalue weighted by Crippen LogP contribution is -2.53. The van der Waals surface area contributed by atoms with Gasteiger partial charge in [-0.2, -0.15) is 0 Å². The van der Waals surface area contributed by atoms with Crippen molar-refractivity contribution in [3.63, 3.8) is 0 Å². The van der Waals surface area contributed by atoms with E-state index in [1.54, 1.807) is 0 Å². The summed E-state index contributed by atoms with van der Waals surface area (Å²) in [6, 6.07) is 7.30. The van der Waals surface area contributed by atoms with Crippen LogP contribution in [0, 0.1) is 0 Å². The Morgan fingerprint density at radius 1 is 1.23 bits per heavy atom. The zero-order valence-corrected chi connectivity index (χ0v) is 14.2. The lowest BCUT2D eigenvalue weighted by Gasteiger charge is -2.36. The van der Waals surface area contributed by atoms with E-state index in [4.69, 9.17) is 5.73 Å². The molecule has 1 aliphatic rings. The highest BCUT2D eigenvalue weighted by Crippen LogP contribution is 2.15. The van der Waals surface area contributed by atoms with Crippen LogP contribution in [0.25, 0.3) is 0 Å². The van der Waals surface area contributed by atoms with Gasteiger partial charge < -0.3 is 11.1 Å². The van der Waals surface area contributed by atoms with E-state index in [-0.39, 0.29) is 24.4 Å². The first kappa shape index (κ1) is 16.9. The number of rotatable bonds is 5. The average Bonchev–Trinajstić information content (AvgIpc) is 2.49. The van der Waals surface area contributed by atoms with Crippen LogP contribution in [0.4, 0.5) is 5.69 Å². The van der Waals surface area contributed by atoms with Crippen molar-refractivity contribution < 1.29 is 9.59 Å². The SMILES string of the molecule is C[C@@H](C(=O)Nc1ccc(Br)cc1)N1CCN(CC(N)=O)CC1. The minimum Gasteiger partial charge on any atom is -0.369 e. The van der Waals surface area contributed by atoms with Crippen LogP contribution in [0.2, 0.25) is 0 Å². The Labute approximate surface area is 138 Å². The van der Waals surface area contributed by atoms with Crippen LogP contribution in [0.3, 0.4) is 0 Å². The lowest BCUT2D eigenvalue weighted by molar-refractivity contribution is -0.123. The number of anilines is 1. The molecule has 1 aromatic carbocycles. The molecule has 6 nitrogen and oxygen atoms in total. The fraction of sp³-hybridized carbons (Fsp3) is 0.467. The molecule has 0 radical (unpaired) electrons. The van der Waals surface area contributed by atoms with Crippen LogP contribution in [0.1, 0.15) is 6.92 Å². The number of nitrogens with one attached hydrogen (secondary N) is 1. The van der Waals surface area contributed by atoms with Gasteiger partial charge in [-0.15, -0.1) is 0 Å². The molecular formula is C15H21BrN4O2. The molecule has 0 aliphatic carbocycles. The van der Waals surface area contributed by atoms with Crippen LogP contribution < -0.4 is 11.1 Å². The molecule has 2 rings (SSSR count). The summed E-state index contributed by atoms with van der Waals surface area (Å²) in [5, 5.41) is 2.92.